The summed E-state index contributed by atoms with van der Waals surface area (Å²) in [7, 11) is 0. The lowest BCUT2D eigenvalue weighted by atomic mass is 9.73. The molecule has 10 nitrogen and oxygen atoms in total. The third-order valence-electron chi connectivity index (χ3n) is 9.04. The quantitative estimate of drug-likeness (QED) is 0.113. The fraction of sp³-hybridized carbons (Fsp3) is 0.158. The van der Waals surface area contributed by atoms with Crippen molar-refractivity contribution in [3.05, 3.63) is 163 Å². The van der Waals surface area contributed by atoms with Gasteiger partial charge in [-0.05, 0) is 45.5 Å². The second kappa shape index (κ2) is 12.6. The predicted octanol–water partition coefficient (Wildman–Crippen LogP) is 8.89. The number of rotatable bonds is 10. The Balaban J connectivity index is 1.48. The summed E-state index contributed by atoms with van der Waals surface area (Å²) >= 11 is 0. The molecule has 0 amide bonds. The summed E-state index contributed by atoms with van der Waals surface area (Å²) in [6.45, 7) is 8.24. The van der Waals surface area contributed by atoms with Gasteiger partial charge < -0.3 is 10.2 Å². The van der Waals surface area contributed by atoms with Crippen LogP contribution in [0.4, 0.5) is 11.4 Å². The van der Waals surface area contributed by atoms with Gasteiger partial charge in [-0.2, -0.15) is 0 Å². The molecular formula is C38H32N2O8. The number of benzene rings is 5. The van der Waals surface area contributed by atoms with E-state index in [1.807, 2.05) is 42.5 Å². The smallest absolute Gasteiger partial charge is 0.336 e. The van der Waals surface area contributed by atoms with E-state index in [0.717, 1.165) is 22.3 Å². The Morgan fingerprint density at radius 2 is 0.854 bits per heavy atom. The number of hydrogen-bond donors (Lipinski definition) is 2. The number of carboxylic acid groups (broad SMARTS) is 2. The minimum Gasteiger partial charge on any atom is -0.478 e. The summed E-state index contributed by atoms with van der Waals surface area (Å²) in [4.78, 5) is 46.0. The molecule has 0 saturated carbocycles. The summed E-state index contributed by atoms with van der Waals surface area (Å²) in [5, 5.41) is 42.8. The summed E-state index contributed by atoms with van der Waals surface area (Å²) in [5.41, 5.74) is 2.90. The molecule has 0 bridgehead atoms. The van der Waals surface area contributed by atoms with Crippen molar-refractivity contribution in [1.29, 1.82) is 0 Å². The van der Waals surface area contributed by atoms with Crippen molar-refractivity contribution >= 4 is 23.3 Å². The second-order valence-electron chi connectivity index (χ2n) is 12.5. The molecule has 0 aliphatic carbocycles. The molecule has 0 radical (unpaired) electrons. The number of hydrogen-bond acceptors (Lipinski definition) is 6. The van der Waals surface area contributed by atoms with Crippen LogP contribution in [0.15, 0.2) is 109 Å². The van der Waals surface area contributed by atoms with E-state index < -0.39 is 32.6 Å². The van der Waals surface area contributed by atoms with Gasteiger partial charge in [0.25, 0.3) is 11.4 Å². The molecule has 0 aliphatic heterocycles. The van der Waals surface area contributed by atoms with Crippen molar-refractivity contribution in [2.75, 3.05) is 0 Å². The number of nitro benzene ring substituents is 2. The third kappa shape index (κ3) is 6.03. The largest absolute Gasteiger partial charge is 0.478 e. The van der Waals surface area contributed by atoms with Crippen molar-refractivity contribution in [1.82, 2.24) is 0 Å². The standard InChI is InChI=1S/C38H32N2O8/c1-37(2,25-18-14-23(15-19-25)33-29(35(41)42)10-6-12-31(33)39(45)46)27-8-5-9-28(22-27)38(3,4)26-20-16-24(17-21-26)34-30(36(43)44)11-7-13-32(34)40(47)48/h5-22H,1-4H3,(H,41,42)(H,43,44). The van der Waals surface area contributed by atoms with E-state index in [0.29, 0.717) is 11.1 Å². The minimum atomic E-state index is -1.25. The fourth-order valence-electron chi connectivity index (χ4n) is 6.08. The average Bonchev–Trinajstić information content (AvgIpc) is 3.07. The first-order valence-electron chi connectivity index (χ1n) is 15.0. The van der Waals surface area contributed by atoms with Crippen LogP contribution in [0.2, 0.25) is 0 Å². The van der Waals surface area contributed by atoms with Gasteiger partial charge in [0.05, 0.1) is 32.1 Å². The van der Waals surface area contributed by atoms with Gasteiger partial charge in [0.2, 0.25) is 0 Å². The molecular weight excluding hydrogens is 612 g/mol. The van der Waals surface area contributed by atoms with E-state index >= 15 is 0 Å². The molecule has 2 N–H and O–H groups in total. The van der Waals surface area contributed by atoms with Crippen molar-refractivity contribution in [2.45, 2.75) is 38.5 Å². The molecule has 10 heteroatoms. The first-order chi connectivity index (χ1) is 22.6. The molecule has 0 saturated heterocycles. The van der Waals surface area contributed by atoms with Crippen molar-refractivity contribution < 1.29 is 29.6 Å². The maximum absolute atomic E-state index is 11.9. The maximum Gasteiger partial charge on any atom is 0.336 e. The van der Waals surface area contributed by atoms with Crippen LogP contribution in [0.25, 0.3) is 22.3 Å². The first-order valence-corrected chi connectivity index (χ1v) is 15.0. The van der Waals surface area contributed by atoms with Gasteiger partial charge in [-0.15, -0.1) is 0 Å². The number of nitrogens with zero attached hydrogens (tertiary/aromatic N) is 2. The summed E-state index contributed by atoms with van der Waals surface area (Å²) in [6, 6.07) is 30.3. The zero-order valence-electron chi connectivity index (χ0n) is 26.6. The number of carboxylic acids is 2. The fourth-order valence-corrected chi connectivity index (χ4v) is 6.08. The molecule has 5 aromatic carbocycles. The molecule has 48 heavy (non-hydrogen) atoms. The van der Waals surface area contributed by atoms with E-state index in [2.05, 4.69) is 33.8 Å². The molecule has 0 aromatic heterocycles. The Labute approximate surface area is 276 Å². The normalized spacial score (nSPS) is 11.6. The maximum atomic E-state index is 11.9. The Bertz CT molecular complexity index is 1870. The van der Waals surface area contributed by atoms with E-state index in [9.17, 15) is 40.0 Å². The first kappa shape index (κ1) is 33.2. The average molecular weight is 645 g/mol. The highest BCUT2D eigenvalue weighted by Gasteiger charge is 2.30. The zero-order valence-corrected chi connectivity index (χ0v) is 26.6. The van der Waals surface area contributed by atoms with Gasteiger partial charge in [0.1, 0.15) is 0 Å². The molecule has 0 unspecified atom stereocenters. The van der Waals surface area contributed by atoms with Crippen LogP contribution in [0.1, 0.15) is 70.7 Å². The van der Waals surface area contributed by atoms with Crippen molar-refractivity contribution in [2.24, 2.45) is 0 Å². The molecule has 5 aromatic rings. The van der Waals surface area contributed by atoms with Gasteiger partial charge in [-0.1, -0.05) is 113 Å². The lowest BCUT2D eigenvalue weighted by molar-refractivity contribution is -0.384. The number of carbonyl (C=O) groups is 2. The van der Waals surface area contributed by atoms with Crippen LogP contribution < -0.4 is 0 Å². The Hall–Kier alpha value is -6.16. The molecule has 0 spiro atoms. The highest BCUT2D eigenvalue weighted by molar-refractivity contribution is 5.99. The van der Waals surface area contributed by atoms with Crippen LogP contribution in [-0.4, -0.2) is 32.0 Å². The second-order valence-corrected chi connectivity index (χ2v) is 12.5. The SMILES string of the molecule is CC(C)(c1ccc(-c2c(C(=O)O)cccc2[N+](=O)[O-])cc1)c1cccc(C(C)(C)c2ccc(-c3c(C(=O)O)cccc3[N+](=O)[O-])cc2)c1. The van der Waals surface area contributed by atoms with E-state index in [1.165, 1.54) is 36.4 Å². The van der Waals surface area contributed by atoms with Crippen molar-refractivity contribution in [3.63, 3.8) is 0 Å². The van der Waals surface area contributed by atoms with Gasteiger partial charge in [0, 0.05) is 23.0 Å². The summed E-state index contributed by atoms with van der Waals surface area (Å²) in [5.74, 6) is -2.50. The highest BCUT2D eigenvalue weighted by Crippen LogP contribution is 2.40. The van der Waals surface area contributed by atoms with Crippen LogP contribution in [0, 0.1) is 20.2 Å². The van der Waals surface area contributed by atoms with E-state index in [-0.39, 0.29) is 33.6 Å². The monoisotopic (exact) mass is 644 g/mol. The van der Waals surface area contributed by atoms with Gasteiger partial charge in [0.15, 0.2) is 0 Å². The number of nitro groups is 2. The lowest BCUT2D eigenvalue weighted by Gasteiger charge is -2.31. The molecule has 0 fully saturated rings. The topological polar surface area (TPSA) is 161 Å². The third-order valence-corrected chi connectivity index (χ3v) is 9.04. The molecule has 0 aliphatic rings. The van der Waals surface area contributed by atoms with Crippen molar-refractivity contribution in [3.8, 4) is 22.3 Å². The zero-order chi connectivity index (χ0) is 35.0. The molecule has 0 heterocycles. The highest BCUT2D eigenvalue weighted by atomic mass is 16.6. The molecule has 5 rings (SSSR count). The predicted molar refractivity (Wildman–Crippen MR) is 182 cm³/mol. The van der Waals surface area contributed by atoms with E-state index in [1.54, 1.807) is 24.3 Å². The van der Waals surface area contributed by atoms with Crippen LogP contribution >= 0.6 is 0 Å². The minimum absolute atomic E-state index is 0.0511. The Kier molecular flexibility index (Phi) is 8.69. The van der Waals surface area contributed by atoms with Crippen LogP contribution in [0.3, 0.4) is 0 Å². The van der Waals surface area contributed by atoms with Crippen LogP contribution in [0.5, 0.6) is 0 Å². The van der Waals surface area contributed by atoms with Gasteiger partial charge in [-0.25, -0.2) is 9.59 Å². The van der Waals surface area contributed by atoms with Gasteiger partial charge >= 0.3 is 11.9 Å². The van der Waals surface area contributed by atoms with Gasteiger partial charge in [-0.3, -0.25) is 20.2 Å². The van der Waals surface area contributed by atoms with Crippen LogP contribution in [-0.2, 0) is 10.8 Å². The molecule has 0 atom stereocenters. The molecule has 242 valence electrons. The lowest BCUT2D eigenvalue weighted by Crippen LogP contribution is -2.23. The Morgan fingerprint density at radius 1 is 0.521 bits per heavy atom. The Morgan fingerprint density at radius 3 is 1.17 bits per heavy atom. The summed E-state index contributed by atoms with van der Waals surface area (Å²) in [6.07, 6.45) is 0. The summed E-state index contributed by atoms with van der Waals surface area (Å²) < 4.78 is 0. The van der Waals surface area contributed by atoms with E-state index in [4.69, 9.17) is 0 Å². The number of aromatic carboxylic acids is 2.